The smallest absolute Gasteiger partial charge is 0.225 e. The third kappa shape index (κ3) is 4.10. The molecule has 0 unspecified atom stereocenters. The molecule has 0 bridgehead atoms. The highest BCUT2D eigenvalue weighted by molar-refractivity contribution is 5.81. The van der Waals surface area contributed by atoms with E-state index in [0.717, 1.165) is 18.5 Å². The predicted octanol–water partition coefficient (Wildman–Crippen LogP) is 2.36. The third-order valence-corrected chi connectivity index (χ3v) is 3.18. The van der Waals surface area contributed by atoms with Crippen molar-refractivity contribution in [1.82, 2.24) is 5.32 Å². The second kappa shape index (κ2) is 5.71. The van der Waals surface area contributed by atoms with Gasteiger partial charge in [-0.3, -0.25) is 4.79 Å². The molecule has 0 atom stereocenters. The first-order valence-electron chi connectivity index (χ1n) is 6.08. The van der Waals surface area contributed by atoms with Gasteiger partial charge in [-0.15, -0.1) is 0 Å². The number of nitrogens with two attached hydrogens (primary N) is 1. The van der Waals surface area contributed by atoms with Gasteiger partial charge in [0.15, 0.2) is 0 Å². The predicted molar refractivity (Wildman–Crippen MR) is 71.6 cm³/mol. The van der Waals surface area contributed by atoms with E-state index in [1.807, 2.05) is 45.0 Å². The average Bonchev–Trinajstić information content (AvgIpc) is 2.31. The van der Waals surface area contributed by atoms with Gasteiger partial charge in [0.1, 0.15) is 0 Å². The fourth-order valence-electron chi connectivity index (χ4n) is 1.40. The lowest BCUT2D eigenvalue weighted by molar-refractivity contribution is -0.129. The summed E-state index contributed by atoms with van der Waals surface area (Å²) in [5.41, 5.74) is 7.29. The van der Waals surface area contributed by atoms with Crippen molar-refractivity contribution in [1.29, 1.82) is 0 Å². The Bertz CT molecular complexity index is 368. The SMILES string of the molecule is CCC(C)(C)C(=O)NCCc1ccc(N)cc1. The molecule has 0 saturated carbocycles. The number of anilines is 1. The highest BCUT2D eigenvalue weighted by Crippen LogP contribution is 2.19. The fourth-order valence-corrected chi connectivity index (χ4v) is 1.40. The van der Waals surface area contributed by atoms with Gasteiger partial charge in [-0.05, 0) is 30.5 Å². The second-order valence-corrected chi connectivity index (χ2v) is 4.98. The zero-order valence-corrected chi connectivity index (χ0v) is 10.9. The van der Waals surface area contributed by atoms with Gasteiger partial charge >= 0.3 is 0 Å². The molecule has 3 nitrogen and oxygen atoms in total. The lowest BCUT2D eigenvalue weighted by Crippen LogP contribution is -2.37. The van der Waals surface area contributed by atoms with Crippen LogP contribution in [0.2, 0.25) is 0 Å². The van der Waals surface area contributed by atoms with Crippen LogP contribution in [0.4, 0.5) is 5.69 Å². The maximum absolute atomic E-state index is 11.8. The molecule has 1 aromatic rings. The molecule has 0 aromatic heterocycles. The normalized spacial score (nSPS) is 11.2. The summed E-state index contributed by atoms with van der Waals surface area (Å²) in [6.45, 7) is 6.63. The van der Waals surface area contributed by atoms with Crippen molar-refractivity contribution in [3.8, 4) is 0 Å². The van der Waals surface area contributed by atoms with Gasteiger partial charge in [-0.25, -0.2) is 0 Å². The summed E-state index contributed by atoms with van der Waals surface area (Å²) in [6, 6.07) is 7.75. The van der Waals surface area contributed by atoms with Crippen LogP contribution < -0.4 is 11.1 Å². The van der Waals surface area contributed by atoms with Gasteiger partial charge in [0.25, 0.3) is 0 Å². The lowest BCUT2D eigenvalue weighted by atomic mass is 9.89. The molecule has 17 heavy (non-hydrogen) atoms. The molecule has 3 heteroatoms. The molecule has 1 amide bonds. The molecule has 0 aliphatic carbocycles. The summed E-state index contributed by atoms with van der Waals surface area (Å²) in [4.78, 5) is 11.8. The van der Waals surface area contributed by atoms with Crippen LogP contribution in [-0.4, -0.2) is 12.5 Å². The van der Waals surface area contributed by atoms with Crippen molar-refractivity contribution < 1.29 is 4.79 Å². The van der Waals surface area contributed by atoms with E-state index in [9.17, 15) is 4.79 Å². The van der Waals surface area contributed by atoms with Crippen molar-refractivity contribution in [3.63, 3.8) is 0 Å². The van der Waals surface area contributed by atoms with Gasteiger partial charge < -0.3 is 11.1 Å². The van der Waals surface area contributed by atoms with Crippen LogP contribution in [0.5, 0.6) is 0 Å². The topological polar surface area (TPSA) is 55.1 Å². The summed E-state index contributed by atoms with van der Waals surface area (Å²) in [6.07, 6.45) is 1.69. The fraction of sp³-hybridized carbons (Fsp3) is 0.500. The van der Waals surface area contributed by atoms with E-state index in [-0.39, 0.29) is 11.3 Å². The van der Waals surface area contributed by atoms with E-state index < -0.39 is 0 Å². The molecule has 0 fully saturated rings. The van der Waals surface area contributed by atoms with E-state index in [1.54, 1.807) is 0 Å². The van der Waals surface area contributed by atoms with E-state index in [4.69, 9.17) is 5.73 Å². The van der Waals surface area contributed by atoms with Crippen molar-refractivity contribution in [2.75, 3.05) is 12.3 Å². The molecule has 0 saturated heterocycles. The Kier molecular flexibility index (Phi) is 4.55. The Balaban J connectivity index is 2.38. The van der Waals surface area contributed by atoms with Crippen molar-refractivity contribution in [3.05, 3.63) is 29.8 Å². The number of hydrogen-bond donors (Lipinski definition) is 2. The summed E-state index contributed by atoms with van der Waals surface area (Å²) < 4.78 is 0. The molecule has 0 radical (unpaired) electrons. The second-order valence-electron chi connectivity index (χ2n) is 4.98. The van der Waals surface area contributed by atoms with Crippen LogP contribution >= 0.6 is 0 Å². The average molecular weight is 234 g/mol. The number of nitrogen functional groups attached to an aromatic ring is 1. The maximum atomic E-state index is 11.8. The number of carbonyl (C=O) groups excluding carboxylic acids is 1. The molecule has 0 aliphatic heterocycles. The van der Waals surface area contributed by atoms with Crippen LogP contribution in [-0.2, 0) is 11.2 Å². The number of hydrogen-bond acceptors (Lipinski definition) is 2. The monoisotopic (exact) mass is 234 g/mol. The minimum atomic E-state index is -0.277. The molecular weight excluding hydrogens is 212 g/mol. The molecule has 94 valence electrons. The number of nitrogens with one attached hydrogen (secondary N) is 1. The Morgan fingerprint density at radius 3 is 2.41 bits per heavy atom. The molecular formula is C14H22N2O. The van der Waals surface area contributed by atoms with Gasteiger partial charge in [0.05, 0.1) is 0 Å². The summed E-state index contributed by atoms with van der Waals surface area (Å²) >= 11 is 0. The van der Waals surface area contributed by atoms with Crippen LogP contribution in [0.1, 0.15) is 32.8 Å². The van der Waals surface area contributed by atoms with Crippen LogP contribution in [0.3, 0.4) is 0 Å². The van der Waals surface area contributed by atoms with Gasteiger partial charge in [-0.1, -0.05) is 32.9 Å². The Morgan fingerprint density at radius 1 is 1.29 bits per heavy atom. The third-order valence-electron chi connectivity index (χ3n) is 3.18. The quantitative estimate of drug-likeness (QED) is 0.768. The first-order valence-corrected chi connectivity index (χ1v) is 6.08. The van der Waals surface area contributed by atoms with Crippen LogP contribution in [0.15, 0.2) is 24.3 Å². The number of amides is 1. The highest BCUT2D eigenvalue weighted by atomic mass is 16.2. The number of benzene rings is 1. The Labute approximate surface area is 103 Å². The first kappa shape index (κ1) is 13.6. The van der Waals surface area contributed by atoms with Crippen molar-refractivity contribution in [2.45, 2.75) is 33.6 Å². The molecule has 3 N–H and O–H groups in total. The molecule has 0 spiro atoms. The van der Waals surface area contributed by atoms with Crippen molar-refractivity contribution in [2.24, 2.45) is 5.41 Å². The van der Waals surface area contributed by atoms with Crippen molar-refractivity contribution >= 4 is 11.6 Å². The van der Waals surface area contributed by atoms with E-state index in [0.29, 0.717) is 6.54 Å². The van der Waals surface area contributed by atoms with E-state index in [2.05, 4.69) is 5.32 Å². The zero-order chi connectivity index (χ0) is 12.9. The molecule has 1 aromatic carbocycles. The molecule has 0 heterocycles. The highest BCUT2D eigenvalue weighted by Gasteiger charge is 2.24. The van der Waals surface area contributed by atoms with E-state index in [1.165, 1.54) is 5.56 Å². The molecule has 1 rings (SSSR count). The maximum Gasteiger partial charge on any atom is 0.225 e. The van der Waals surface area contributed by atoms with Crippen LogP contribution in [0.25, 0.3) is 0 Å². The summed E-state index contributed by atoms with van der Waals surface area (Å²) in [7, 11) is 0. The standard InChI is InChI=1S/C14H22N2O/c1-4-14(2,3)13(17)16-10-9-11-5-7-12(15)8-6-11/h5-8H,4,9-10,15H2,1-3H3,(H,16,17). The van der Waals surface area contributed by atoms with Gasteiger partial charge in [0, 0.05) is 17.6 Å². The van der Waals surface area contributed by atoms with Crippen LogP contribution in [0, 0.1) is 5.41 Å². The largest absolute Gasteiger partial charge is 0.399 e. The lowest BCUT2D eigenvalue weighted by Gasteiger charge is -2.21. The summed E-state index contributed by atoms with van der Waals surface area (Å²) in [5, 5.41) is 2.97. The summed E-state index contributed by atoms with van der Waals surface area (Å²) in [5.74, 6) is 0.121. The minimum absolute atomic E-state index is 0.121. The Morgan fingerprint density at radius 2 is 1.88 bits per heavy atom. The first-order chi connectivity index (χ1) is 7.95. The minimum Gasteiger partial charge on any atom is -0.399 e. The number of carbonyl (C=O) groups is 1. The van der Waals surface area contributed by atoms with Gasteiger partial charge in [-0.2, -0.15) is 0 Å². The van der Waals surface area contributed by atoms with E-state index >= 15 is 0 Å². The number of rotatable bonds is 5. The zero-order valence-electron chi connectivity index (χ0n) is 10.9. The van der Waals surface area contributed by atoms with Gasteiger partial charge in [0.2, 0.25) is 5.91 Å². The molecule has 0 aliphatic rings. The Hall–Kier alpha value is -1.51.